The predicted molar refractivity (Wildman–Crippen MR) is 116 cm³/mol. The van der Waals surface area contributed by atoms with Crippen LogP contribution in [-0.4, -0.2) is 57.0 Å². The Bertz CT molecular complexity index is 1000. The summed E-state index contributed by atoms with van der Waals surface area (Å²) in [7, 11) is 0. The van der Waals surface area contributed by atoms with E-state index in [1.165, 1.54) is 36.4 Å². The van der Waals surface area contributed by atoms with Crippen LogP contribution in [0.2, 0.25) is 0 Å². The summed E-state index contributed by atoms with van der Waals surface area (Å²) in [5, 5.41) is 34.9. The van der Waals surface area contributed by atoms with Gasteiger partial charge < -0.3 is 29.9 Å². The Kier molecular flexibility index (Phi) is 10.9. The van der Waals surface area contributed by atoms with Crippen molar-refractivity contribution >= 4 is 36.0 Å². The summed E-state index contributed by atoms with van der Waals surface area (Å²) in [6, 6.07) is 12.0. The molecule has 0 unspecified atom stereocenters. The fraction of sp³-hybridized carbons (Fsp3) is 0.130. The molecule has 0 aliphatic carbocycles. The first-order valence-corrected chi connectivity index (χ1v) is 9.30. The number of rotatable bonds is 8. The Labute approximate surface area is 188 Å². The summed E-state index contributed by atoms with van der Waals surface area (Å²) in [4.78, 5) is 43.7. The zero-order chi connectivity index (χ0) is 24.8. The van der Waals surface area contributed by atoms with Crippen LogP contribution in [-0.2, 0) is 28.7 Å². The molecule has 10 heteroatoms. The van der Waals surface area contributed by atoms with Crippen molar-refractivity contribution in [3.05, 3.63) is 71.8 Å². The lowest BCUT2D eigenvalue weighted by Gasteiger charge is -2.12. The van der Waals surface area contributed by atoms with Crippen molar-refractivity contribution in [2.45, 2.75) is 13.0 Å². The van der Waals surface area contributed by atoms with E-state index in [1.807, 2.05) is 0 Å². The largest absolute Gasteiger partial charge is 0.508 e. The Hall–Kier alpha value is -4.60. The van der Waals surface area contributed by atoms with Gasteiger partial charge in [0.05, 0.1) is 0 Å². The molecule has 1 atom stereocenters. The van der Waals surface area contributed by atoms with E-state index in [1.54, 1.807) is 24.3 Å². The van der Waals surface area contributed by atoms with E-state index < -0.39 is 36.6 Å². The summed E-state index contributed by atoms with van der Waals surface area (Å²) >= 11 is 0. The number of phenols is 2. The molecule has 0 aliphatic rings. The number of carboxylic acid groups (broad SMARTS) is 2. The van der Waals surface area contributed by atoms with Crippen LogP contribution >= 0.6 is 0 Å². The maximum atomic E-state index is 11.8. The lowest BCUT2D eigenvalue weighted by molar-refractivity contribution is -0.167. The number of hydrogen-bond donors (Lipinski definition) is 4. The summed E-state index contributed by atoms with van der Waals surface area (Å²) in [5.74, 6) is -3.90. The first-order valence-electron chi connectivity index (χ1n) is 9.30. The summed E-state index contributed by atoms with van der Waals surface area (Å²) in [6.07, 6.45) is 3.24. The van der Waals surface area contributed by atoms with E-state index in [9.17, 15) is 24.6 Å². The van der Waals surface area contributed by atoms with Gasteiger partial charge in [-0.1, -0.05) is 24.3 Å². The van der Waals surface area contributed by atoms with E-state index in [4.69, 9.17) is 24.5 Å². The van der Waals surface area contributed by atoms with Crippen LogP contribution in [0.25, 0.3) is 12.2 Å². The predicted octanol–water partition coefficient (Wildman–Crippen LogP) is 2.45. The van der Waals surface area contributed by atoms with E-state index in [0.29, 0.717) is 11.1 Å². The Balaban J connectivity index is 0.00000125. The maximum Gasteiger partial charge on any atom is 0.348 e. The Morgan fingerprint density at radius 3 is 1.58 bits per heavy atom. The van der Waals surface area contributed by atoms with Crippen molar-refractivity contribution in [2.75, 3.05) is 6.61 Å². The van der Waals surface area contributed by atoms with Gasteiger partial charge in [-0.05, 0) is 47.5 Å². The molecule has 2 aromatic rings. The van der Waals surface area contributed by atoms with Gasteiger partial charge in [-0.25, -0.2) is 14.4 Å². The molecule has 0 saturated carbocycles. The number of phenolic OH excluding ortho intramolecular Hbond substituents is 2. The molecule has 4 N–H and O–H groups in total. The van der Waals surface area contributed by atoms with Crippen LogP contribution in [0.15, 0.2) is 60.7 Å². The third-order valence-electron chi connectivity index (χ3n) is 3.52. The van der Waals surface area contributed by atoms with Crippen LogP contribution in [0.4, 0.5) is 0 Å². The molecule has 2 aromatic carbocycles. The molecular formula is C23H22O10. The van der Waals surface area contributed by atoms with Crippen LogP contribution in [0, 0.1) is 0 Å². The number of benzene rings is 2. The van der Waals surface area contributed by atoms with Crippen molar-refractivity contribution in [2.24, 2.45) is 0 Å². The van der Waals surface area contributed by atoms with Crippen LogP contribution in [0.5, 0.6) is 11.5 Å². The SMILES string of the molecule is CC(=O)O.O=C(/C=C/c1ccc(O)cc1)OC[C@@H](OC(=O)/C=C/c1ccc(O)cc1)C(=O)O. The van der Waals surface area contributed by atoms with E-state index >= 15 is 0 Å². The Morgan fingerprint density at radius 2 is 1.18 bits per heavy atom. The fourth-order valence-corrected chi connectivity index (χ4v) is 2.04. The molecule has 0 radical (unpaired) electrons. The molecule has 0 saturated heterocycles. The molecule has 0 aromatic heterocycles. The highest BCUT2D eigenvalue weighted by Gasteiger charge is 2.23. The van der Waals surface area contributed by atoms with Gasteiger partial charge in [-0.2, -0.15) is 0 Å². The molecule has 0 amide bonds. The smallest absolute Gasteiger partial charge is 0.348 e. The maximum absolute atomic E-state index is 11.8. The highest BCUT2D eigenvalue weighted by Crippen LogP contribution is 2.12. The third kappa shape index (κ3) is 12.0. The zero-order valence-electron chi connectivity index (χ0n) is 17.5. The van der Waals surface area contributed by atoms with E-state index in [0.717, 1.165) is 19.1 Å². The van der Waals surface area contributed by atoms with Crippen molar-refractivity contribution in [1.29, 1.82) is 0 Å². The molecule has 10 nitrogen and oxygen atoms in total. The van der Waals surface area contributed by atoms with Gasteiger partial charge in [-0.3, -0.25) is 4.79 Å². The standard InChI is InChI=1S/C21H18O8.C2H4O2/c22-16-7-1-14(2-8-16)5-11-19(24)28-13-18(21(26)27)29-20(25)12-6-15-3-9-17(23)10-4-15;1-2(3)4/h1-12,18,22-23H,13H2,(H,26,27);1H3,(H,3,4)/b11-5+,12-6+;/t18-;/m1./s1. The Morgan fingerprint density at radius 1 is 0.788 bits per heavy atom. The molecule has 174 valence electrons. The van der Waals surface area contributed by atoms with E-state index in [-0.39, 0.29) is 11.5 Å². The monoisotopic (exact) mass is 458 g/mol. The summed E-state index contributed by atoms with van der Waals surface area (Å²) in [5.41, 5.74) is 1.22. The van der Waals surface area contributed by atoms with Crippen molar-refractivity contribution < 1.29 is 49.1 Å². The number of ether oxygens (including phenoxy) is 2. The minimum absolute atomic E-state index is 0.0666. The molecule has 2 rings (SSSR count). The zero-order valence-corrected chi connectivity index (χ0v) is 17.5. The van der Waals surface area contributed by atoms with Gasteiger partial charge >= 0.3 is 17.9 Å². The first kappa shape index (κ1) is 26.4. The lowest BCUT2D eigenvalue weighted by Crippen LogP contribution is -2.32. The van der Waals surface area contributed by atoms with Crippen LogP contribution in [0.1, 0.15) is 18.1 Å². The number of carboxylic acids is 2. The quantitative estimate of drug-likeness (QED) is 0.341. The average Bonchev–Trinajstić information content (AvgIpc) is 2.75. The molecular weight excluding hydrogens is 436 g/mol. The molecule has 0 bridgehead atoms. The minimum Gasteiger partial charge on any atom is -0.508 e. The molecule has 33 heavy (non-hydrogen) atoms. The number of esters is 2. The molecule has 0 aliphatic heterocycles. The van der Waals surface area contributed by atoms with Gasteiger partial charge in [-0.15, -0.1) is 0 Å². The second-order valence-electron chi connectivity index (χ2n) is 6.26. The topological polar surface area (TPSA) is 168 Å². The van der Waals surface area contributed by atoms with Crippen LogP contribution in [0.3, 0.4) is 0 Å². The van der Waals surface area contributed by atoms with Crippen molar-refractivity contribution in [3.63, 3.8) is 0 Å². The third-order valence-corrected chi connectivity index (χ3v) is 3.52. The van der Waals surface area contributed by atoms with Gasteiger partial charge in [0.2, 0.25) is 6.10 Å². The highest BCUT2D eigenvalue weighted by atomic mass is 16.6. The van der Waals surface area contributed by atoms with E-state index in [2.05, 4.69) is 0 Å². The minimum atomic E-state index is -1.67. The van der Waals surface area contributed by atoms with Crippen LogP contribution < -0.4 is 0 Å². The second kappa shape index (κ2) is 13.7. The fourth-order valence-electron chi connectivity index (χ4n) is 2.04. The molecule has 0 fully saturated rings. The number of hydrogen-bond acceptors (Lipinski definition) is 8. The van der Waals surface area contributed by atoms with Gasteiger partial charge in [0.25, 0.3) is 5.97 Å². The number of carbonyl (C=O) groups excluding carboxylic acids is 2. The average molecular weight is 458 g/mol. The van der Waals surface area contributed by atoms with Gasteiger partial charge in [0.1, 0.15) is 18.1 Å². The number of carbonyl (C=O) groups is 4. The van der Waals surface area contributed by atoms with Crippen molar-refractivity contribution in [1.82, 2.24) is 0 Å². The normalized spacial score (nSPS) is 11.3. The molecule has 0 spiro atoms. The summed E-state index contributed by atoms with van der Waals surface area (Å²) < 4.78 is 9.58. The van der Waals surface area contributed by atoms with Gasteiger partial charge in [0, 0.05) is 19.1 Å². The molecule has 0 heterocycles. The van der Waals surface area contributed by atoms with Crippen molar-refractivity contribution in [3.8, 4) is 11.5 Å². The van der Waals surface area contributed by atoms with Gasteiger partial charge in [0.15, 0.2) is 0 Å². The highest BCUT2D eigenvalue weighted by molar-refractivity contribution is 5.90. The summed E-state index contributed by atoms with van der Waals surface area (Å²) in [6.45, 7) is 0.423. The second-order valence-corrected chi connectivity index (χ2v) is 6.26. The number of aromatic hydroxyl groups is 2. The lowest BCUT2D eigenvalue weighted by atomic mass is 10.2. The number of aliphatic carboxylic acids is 2. The first-order chi connectivity index (χ1) is 15.6.